The zero-order valence-electron chi connectivity index (χ0n) is 15.3. The number of anilines is 1. The predicted molar refractivity (Wildman–Crippen MR) is 104 cm³/mol. The summed E-state index contributed by atoms with van der Waals surface area (Å²) in [5.41, 5.74) is 3.26. The molecule has 3 heterocycles. The van der Waals surface area contributed by atoms with Gasteiger partial charge in [-0.2, -0.15) is 0 Å². The van der Waals surface area contributed by atoms with Gasteiger partial charge in [0.1, 0.15) is 0 Å². The summed E-state index contributed by atoms with van der Waals surface area (Å²) in [4.78, 5) is 21.3. The number of amides is 1. The highest BCUT2D eigenvalue weighted by atomic mass is 16.2. The lowest BCUT2D eigenvalue weighted by molar-refractivity contribution is 0.0792. The zero-order valence-corrected chi connectivity index (χ0v) is 15.3. The molecular formula is C22H27N3O. The van der Waals surface area contributed by atoms with Gasteiger partial charge in [-0.25, -0.2) is 0 Å². The molecule has 2 aliphatic heterocycles. The quantitative estimate of drug-likeness (QED) is 0.843. The van der Waals surface area contributed by atoms with Gasteiger partial charge in [-0.1, -0.05) is 30.3 Å². The van der Waals surface area contributed by atoms with Crippen molar-refractivity contribution in [2.75, 3.05) is 31.1 Å². The molecule has 4 nitrogen and oxygen atoms in total. The number of benzene rings is 1. The molecule has 2 saturated heterocycles. The normalized spacial score (nSPS) is 18.3. The monoisotopic (exact) mass is 349 g/mol. The van der Waals surface area contributed by atoms with Crippen molar-refractivity contribution in [3.63, 3.8) is 0 Å². The van der Waals surface area contributed by atoms with Crippen LogP contribution < -0.4 is 4.90 Å². The standard InChI is InChI=1S/C22H27N3O/c26-22(25-10-4-5-11-25)20-15-21(17-23-16-20)24-12-8-19(9-13-24)14-18-6-2-1-3-7-18/h1-3,6-7,15-17,19H,4-5,8-14H2. The van der Waals surface area contributed by atoms with Crippen LogP contribution in [0.1, 0.15) is 41.6 Å². The molecule has 0 saturated carbocycles. The van der Waals surface area contributed by atoms with E-state index >= 15 is 0 Å². The molecule has 0 unspecified atom stereocenters. The average molecular weight is 349 g/mol. The van der Waals surface area contributed by atoms with Gasteiger partial charge in [0.05, 0.1) is 17.4 Å². The minimum absolute atomic E-state index is 0.135. The average Bonchev–Trinajstić information content (AvgIpc) is 3.24. The van der Waals surface area contributed by atoms with E-state index in [1.807, 2.05) is 17.2 Å². The van der Waals surface area contributed by atoms with E-state index in [-0.39, 0.29) is 5.91 Å². The molecule has 0 radical (unpaired) electrons. The van der Waals surface area contributed by atoms with Crippen LogP contribution in [0.4, 0.5) is 5.69 Å². The molecule has 4 rings (SSSR count). The number of aromatic nitrogens is 1. The molecule has 2 aliphatic rings. The van der Waals surface area contributed by atoms with Crippen LogP contribution in [0.25, 0.3) is 0 Å². The second-order valence-electron chi connectivity index (χ2n) is 7.55. The van der Waals surface area contributed by atoms with Gasteiger partial charge >= 0.3 is 0 Å². The van der Waals surface area contributed by atoms with Crippen molar-refractivity contribution >= 4 is 11.6 Å². The van der Waals surface area contributed by atoms with E-state index in [4.69, 9.17) is 0 Å². The number of hydrogen-bond donors (Lipinski definition) is 0. The molecule has 26 heavy (non-hydrogen) atoms. The Hall–Kier alpha value is -2.36. The summed E-state index contributed by atoms with van der Waals surface area (Å²) in [7, 11) is 0. The zero-order chi connectivity index (χ0) is 17.8. The van der Waals surface area contributed by atoms with Gasteiger partial charge < -0.3 is 9.80 Å². The smallest absolute Gasteiger partial charge is 0.255 e. The van der Waals surface area contributed by atoms with Crippen LogP contribution in [0.15, 0.2) is 48.8 Å². The Morgan fingerprint density at radius 1 is 1.00 bits per heavy atom. The number of piperidine rings is 1. The first-order valence-electron chi connectivity index (χ1n) is 9.83. The molecule has 0 N–H and O–H groups in total. The van der Waals surface area contributed by atoms with Gasteiger partial charge in [0, 0.05) is 32.4 Å². The first-order chi connectivity index (χ1) is 12.8. The highest BCUT2D eigenvalue weighted by Crippen LogP contribution is 2.26. The van der Waals surface area contributed by atoms with Crippen molar-refractivity contribution in [3.8, 4) is 0 Å². The van der Waals surface area contributed by atoms with E-state index in [0.29, 0.717) is 0 Å². The van der Waals surface area contributed by atoms with Crippen LogP contribution in [0.2, 0.25) is 0 Å². The van der Waals surface area contributed by atoms with Crippen molar-refractivity contribution < 1.29 is 4.79 Å². The van der Waals surface area contributed by atoms with Crippen LogP contribution in [0, 0.1) is 5.92 Å². The van der Waals surface area contributed by atoms with Gasteiger partial charge in [0.25, 0.3) is 5.91 Å². The molecule has 0 spiro atoms. The maximum absolute atomic E-state index is 12.6. The second-order valence-corrected chi connectivity index (χ2v) is 7.55. The maximum atomic E-state index is 12.6. The van der Waals surface area contributed by atoms with E-state index in [0.717, 1.165) is 56.2 Å². The third kappa shape index (κ3) is 3.90. The summed E-state index contributed by atoms with van der Waals surface area (Å²) in [5.74, 6) is 0.881. The summed E-state index contributed by atoms with van der Waals surface area (Å²) < 4.78 is 0. The lowest BCUT2D eigenvalue weighted by Crippen LogP contribution is -2.34. The molecule has 0 aliphatic carbocycles. The van der Waals surface area contributed by atoms with Crippen LogP contribution in [-0.4, -0.2) is 42.0 Å². The lowest BCUT2D eigenvalue weighted by atomic mass is 9.90. The highest BCUT2D eigenvalue weighted by molar-refractivity contribution is 5.94. The van der Waals surface area contributed by atoms with Crippen molar-refractivity contribution in [2.45, 2.75) is 32.1 Å². The second kappa shape index (κ2) is 7.90. The Morgan fingerprint density at radius 2 is 1.73 bits per heavy atom. The van der Waals surface area contributed by atoms with Crippen LogP contribution >= 0.6 is 0 Å². The summed E-state index contributed by atoms with van der Waals surface area (Å²) in [6.07, 6.45) is 9.41. The molecular weight excluding hydrogens is 322 g/mol. The van der Waals surface area contributed by atoms with Gasteiger partial charge in [0.2, 0.25) is 0 Å². The fraction of sp³-hybridized carbons (Fsp3) is 0.455. The largest absolute Gasteiger partial charge is 0.370 e. The fourth-order valence-electron chi connectivity index (χ4n) is 4.16. The van der Waals surface area contributed by atoms with Crippen molar-refractivity contribution in [2.24, 2.45) is 5.92 Å². The Balaban J connectivity index is 1.37. The Kier molecular flexibility index (Phi) is 5.19. The van der Waals surface area contributed by atoms with Gasteiger partial charge in [0.15, 0.2) is 0 Å². The molecule has 2 aromatic rings. The number of nitrogens with zero attached hydrogens (tertiary/aromatic N) is 3. The van der Waals surface area contributed by atoms with Crippen molar-refractivity contribution in [1.29, 1.82) is 0 Å². The summed E-state index contributed by atoms with van der Waals surface area (Å²) >= 11 is 0. The van der Waals surface area contributed by atoms with Crippen molar-refractivity contribution in [3.05, 3.63) is 59.9 Å². The minimum atomic E-state index is 0.135. The first-order valence-corrected chi connectivity index (χ1v) is 9.83. The minimum Gasteiger partial charge on any atom is -0.370 e. The van der Waals surface area contributed by atoms with Crippen LogP contribution in [-0.2, 0) is 6.42 Å². The predicted octanol–water partition coefficient (Wildman–Crippen LogP) is 3.78. The number of hydrogen-bond acceptors (Lipinski definition) is 3. The van der Waals surface area contributed by atoms with E-state index in [9.17, 15) is 4.79 Å². The molecule has 1 aromatic heterocycles. The first kappa shape index (κ1) is 17.1. The van der Waals surface area contributed by atoms with Gasteiger partial charge in [-0.05, 0) is 49.7 Å². The Bertz CT molecular complexity index is 732. The lowest BCUT2D eigenvalue weighted by Gasteiger charge is -2.33. The number of carbonyl (C=O) groups is 1. The molecule has 0 atom stereocenters. The molecule has 1 amide bonds. The number of rotatable bonds is 4. The van der Waals surface area contributed by atoms with E-state index in [2.05, 4.69) is 40.2 Å². The fourth-order valence-corrected chi connectivity index (χ4v) is 4.16. The topological polar surface area (TPSA) is 36.4 Å². The molecule has 4 heteroatoms. The third-order valence-electron chi connectivity index (χ3n) is 5.71. The van der Waals surface area contributed by atoms with Crippen molar-refractivity contribution in [1.82, 2.24) is 9.88 Å². The third-order valence-corrected chi connectivity index (χ3v) is 5.71. The molecule has 0 bridgehead atoms. The highest BCUT2D eigenvalue weighted by Gasteiger charge is 2.23. The molecule has 136 valence electrons. The summed E-state index contributed by atoms with van der Waals surface area (Å²) in [5, 5.41) is 0. The van der Waals surface area contributed by atoms with Crippen LogP contribution in [0.5, 0.6) is 0 Å². The SMILES string of the molecule is O=C(c1cncc(N2CCC(Cc3ccccc3)CC2)c1)N1CCCC1. The number of pyridine rings is 1. The number of likely N-dealkylation sites (tertiary alicyclic amines) is 1. The van der Waals surface area contributed by atoms with Crippen LogP contribution in [0.3, 0.4) is 0 Å². The van der Waals surface area contributed by atoms with E-state index < -0.39 is 0 Å². The molecule has 1 aromatic carbocycles. The van der Waals surface area contributed by atoms with E-state index in [1.54, 1.807) is 6.20 Å². The van der Waals surface area contributed by atoms with Gasteiger partial charge in [-0.3, -0.25) is 9.78 Å². The summed E-state index contributed by atoms with van der Waals surface area (Å²) in [6.45, 7) is 3.85. The Morgan fingerprint density at radius 3 is 2.46 bits per heavy atom. The summed E-state index contributed by atoms with van der Waals surface area (Å²) in [6, 6.07) is 12.8. The Labute approximate surface area is 155 Å². The van der Waals surface area contributed by atoms with Gasteiger partial charge in [-0.15, -0.1) is 0 Å². The molecule has 2 fully saturated rings. The maximum Gasteiger partial charge on any atom is 0.255 e. The van der Waals surface area contributed by atoms with E-state index in [1.165, 1.54) is 24.8 Å². The number of carbonyl (C=O) groups excluding carboxylic acids is 1.